The second-order valence-corrected chi connectivity index (χ2v) is 14.0. The Hall–Kier alpha value is -2.91. The molecule has 2 aliphatic rings. The number of allylic oxidation sites excluding steroid dienone is 4. The molecule has 0 bridgehead atoms. The van der Waals surface area contributed by atoms with Crippen molar-refractivity contribution in [3.8, 4) is 0 Å². The first-order chi connectivity index (χ1) is 23.0. The Morgan fingerprint density at radius 1 is 1.08 bits per heavy atom. The number of nitrogens with zero attached hydrogens (tertiary/aromatic N) is 4. The van der Waals surface area contributed by atoms with Crippen LogP contribution in [0.5, 0.6) is 0 Å². The zero-order valence-corrected chi connectivity index (χ0v) is 28.8. The number of fused-ring (bicyclic) bond motifs is 1. The molecule has 0 aliphatic carbocycles. The molecular formula is C32H51N6O9P. The van der Waals surface area contributed by atoms with E-state index in [1.165, 1.54) is 43.5 Å². The fraction of sp³-hybridized carbons (Fsp3) is 0.688. The smallest absolute Gasteiger partial charge is 0.463 e. The maximum Gasteiger partial charge on any atom is 0.475 e. The summed E-state index contributed by atoms with van der Waals surface area (Å²) >= 11 is 0. The molecule has 0 saturated carbocycles. The Kier molecular flexibility index (Phi) is 14.4. The Balaban J connectivity index is 1.09. The minimum Gasteiger partial charge on any atom is -0.463 e. The molecule has 2 saturated heterocycles. The zero-order chi connectivity index (χ0) is 34.6. The van der Waals surface area contributed by atoms with E-state index < -0.39 is 44.6 Å². The highest BCUT2D eigenvalue weighted by Crippen LogP contribution is 2.55. The number of ether oxygens (including phenoxy) is 2. The molecule has 4 heterocycles. The Bertz CT molecular complexity index is 1430. The largest absolute Gasteiger partial charge is 0.475 e. The predicted molar refractivity (Wildman–Crippen MR) is 179 cm³/mol. The lowest BCUT2D eigenvalue weighted by Crippen LogP contribution is -2.44. The van der Waals surface area contributed by atoms with Gasteiger partial charge < -0.3 is 31.2 Å². The molecule has 2 aromatic rings. The molecule has 15 nitrogen and oxygen atoms in total. The van der Waals surface area contributed by atoms with E-state index in [0.29, 0.717) is 6.42 Å². The van der Waals surface area contributed by atoms with Crippen LogP contribution in [-0.2, 0) is 32.4 Å². The predicted octanol–water partition coefficient (Wildman–Crippen LogP) is 4.90. The zero-order valence-electron chi connectivity index (χ0n) is 27.9. The molecule has 6 N–H and O–H groups in total. The molecule has 48 heavy (non-hydrogen) atoms. The molecule has 0 radical (unpaired) electrons. The lowest BCUT2D eigenvalue weighted by Gasteiger charge is -2.27. The van der Waals surface area contributed by atoms with Crippen molar-refractivity contribution in [2.24, 2.45) is 0 Å². The lowest BCUT2D eigenvalue weighted by molar-refractivity contribution is -0.146. The van der Waals surface area contributed by atoms with Crippen LogP contribution < -0.4 is 11.5 Å². The second kappa shape index (κ2) is 18.2. The van der Waals surface area contributed by atoms with Crippen molar-refractivity contribution in [2.45, 2.75) is 121 Å². The summed E-state index contributed by atoms with van der Waals surface area (Å²) in [5.74, 6) is -0.414. The molecular weight excluding hydrogens is 643 g/mol. The summed E-state index contributed by atoms with van der Waals surface area (Å²) in [6.45, 7) is 2.91. The van der Waals surface area contributed by atoms with Crippen LogP contribution in [0, 0.1) is 0 Å². The summed E-state index contributed by atoms with van der Waals surface area (Å²) < 4.78 is 41.7. The molecule has 0 spiro atoms. The summed E-state index contributed by atoms with van der Waals surface area (Å²) in [5.41, 5.74) is 10.2. The quantitative estimate of drug-likeness (QED) is 0.0628. The number of nitrogen functional groups attached to an aromatic ring is 2. The number of aliphatic hydroxyl groups is 2. The monoisotopic (exact) mass is 694 g/mol. The lowest BCUT2D eigenvalue weighted by atomic mass is 9.96. The number of phosphoric acid groups is 1. The summed E-state index contributed by atoms with van der Waals surface area (Å²) in [6, 6.07) is 0. The van der Waals surface area contributed by atoms with Crippen molar-refractivity contribution in [2.75, 3.05) is 31.3 Å². The van der Waals surface area contributed by atoms with Gasteiger partial charge in [0.2, 0.25) is 5.95 Å². The number of esters is 1. The van der Waals surface area contributed by atoms with Gasteiger partial charge in [-0.25, -0.2) is 9.55 Å². The number of imidazole rings is 1. The van der Waals surface area contributed by atoms with E-state index in [1.807, 2.05) is 0 Å². The minimum absolute atomic E-state index is 0.0460. The van der Waals surface area contributed by atoms with Crippen LogP contribution in [0.1, 0.15) is 97.1 Å². The highest BCUT2D eigenvalue weighted by atomic mass is 31.2. The van der Waals surface area contributed by atoms with Gasteiger partial charge in [0.15, 0.2) is 17.7 Å². The van der Waals surface area contributed by atoms with Gasteiger partial charge in [0, 0.05) is 6.42 Å². The van der Waals surface area contributed by atoms with Crippen LogP contribution in [0.4, 0.5) is 11.8 Å². The van der Waals surface area contributed by atoms with Gasteiger partial charge >= 0.3 is 13.8 Å². The van der Waals surface area contributed by atoms with E-state index in [0.717, 1.165) is 44.9 Å². The first-order valence-corrected chi connectivity index (χ1v) is 18.3. The maximum atomic E-state index is 13.0. The first-order valence-electron chi connectivity index (χ1n) is 16.9. The SMILES string of the molecule is CCCCC/C=C\C/C=C\CCCCCCCC(=O)OCC1COP(=O)(OC[C@H]2O[C@@H](n3cnc4c(N)nc(N)nc43)[C@](C)(O)[C@@H]2O)O1. The van der Waals surface area contributed by atoms with Crippen molar-refractivity contribution in [3.05, 3.63) is 30.6 Å². The van der Waals surface area contributed by atoms with Crippen molar-refractivity contribution in [1.29, 1.82) is 0 Å². The van der Waals surface area contributed by atoms with Crippen LogP contribution in [-0.4, -0.2) is 79.4 Å². The number of rotatable bonds is 20. The number of phosphoric ester groups is 1. The number of aliphatic hydroxyl groups excluding tert-OH is 1. The topological polar surface area (TPSA) is 216 Å². The van der Waals surface area contributed by atoms with Gasteiger partial charge in [-0.05, 0) is 45.4 Å². The summed E-state index contributed by atoms with van der Waals surface area (Å²) in [5, 5.41) is 21.9. The Morgan fingerprint density at radius 2 is 1.79 bits per heavy atom. The maximum absolute atomic E-state index is 13.0. The number of aromatic nitrogens is 4. The normalized spacial score (nSPS) is 27.6. The Morgan fingerprint density at radius 3 is 2.54 bits per heavy atom. The summed E-state index contributed by atoms with van der Waals surface area (Å²) in [4.78, 5) is 24.4. The first kappa shape index (κ1) is 37.9. The van der Waals surface area contributed by atoms with Crippen molar-refractivity contribution >= 4 is 36.7 Å². The number of nitrogens with two attached hydrogens (primary N) is 2. The molecule has 268 valence electrons. The minimum atomic E-state index is -4.04. The van der Waals surface area contributed by atoms with Crippen molar-refractivity contribution in [1.82, 2.24) is 19.5 Å². The van der Waals surface area contributed by atoms with E-state index in [9.17, 15) is 19.6 Å². The summed E-state index contributed by atoms with van der Waals surface area (Å²) in [7, 11) is -4.04. The number of carbonyl (C=O) groups is 1. The van der Waals surface area contributed by atoms with Gasteiger partial charge in [-0.2, -0.15) is 9.97 Å². The second-order valence-electron chi connectivity index (χ2n) is 12.4. The molecule has 2 aromatic heterocycles. The number of carbonyl (C=O) groups excluding carboxylic acids is 1. The van der Waals surface area contributed by atoms with Gasteiger partial charge in [-0.3, -0.25) is 22.9 Å². The highest BCUT2D eigenvalue weighted by molar-refractivity contribution is 7.48. The molecule has 0 aromatic carbocycles. The number of anilines is 2. The van der Waals surface area contributed by atoms with Crippen molar-refractivity contribution < 1.29 is 42.6 Å². The average Bonchev–Trinajstić information content (AvgIpc) is 3.71. The third kappa shape index (κ3) is 10.5. The van der Waals surface area contributed by atoms with E-state index in [4.69, 9.17) is 34.5 Å². The number of hydrogen-bond acceptors (Lipinski definition) is 14. The van der Waals surface area contributed by atoms with Crippen LogP contribution in [0.2, 0.25) is 0 Å². The number of unbranched alkanes of at least 4 members (excludes halogenated alkanes) is 8. The molecule has 2 aliphatic heterocycles. The van der Waals surface area contributed by atoms with Gasteiger partial charge in [0.25, 0.3) is 0 Å². The van der Waals surface area contributed by atoms with Crippen LogP contribution in [0.3, 0.4) is 0 Å². The molecule has 6 atom stereocenters. The standard InChI is InChI=1S/C32H51N6O9P/c1-3-4-5-6-7-8-9-10-11-12-13-14-15-16-17-18-25(39)43-19-23-20-44-48(42,47-23)45-21-24-27(40)32(2,41)30(46-24)38-22-35-26-28(33)36-31(34)37-29(26)38/h7-8,10-11,22-24,27,30,40-41H,3-6,9,12-21H2,1-2H3,(H4,33,34,36,37)/b8-7-,11-10-/t23?,24-,27-,30-,32-,48?/m1/s1. The molecule has 2 unspecified atom stereocenters. The van der Waals surface area contributed by atoms with Crippen molar-refractivity contribution in [3.63, 3.8) is 0 Å². The van der Waals surface area contributed by atoms with Gasteiger partial charge in [-0.1, -0.05) is 63.3 Å². The van der Waals surface area contributed by atoms with E-state index in [1.54, 1.807) is 0 Å². The molecule has 0 amide bonds. The molecule has 4 rings (SSSR count). The van der Waals surface area contributed by atoms with Gasteiger partial charge in [0.1, 0.15) is 36.0 Å². The third-order valence-electron chi connectivity index (χ3n) is 8.33. The van der Waals surface area contributed by atoms with Gasteiger partial charge in [-0.15, -0.1) is 0 Å². The third-order valence-corrected chi connectivity index (χ3v) is 9.82. The number of hydrogen-bond donors (Lipinski definition) is 4. The van der Waals surface area contributed by atoms with Crippen LogP contribution >= 0.6 is 7.82 Å². The summed E-state index contributed by atoms with van der Waals surface area (Å²) in [6.07, 6.45) is 18.1. The van der Waals surface area contributed by atoms with Crippen LogP contribution in [0.25, 0.3) is 11.2 Å². The fourth-order valence-corrected chi connectivity index (χ4v) is 6.93. The van der Waals surface area contributed by atoms with Crippen LogP contribution in [0.15, 0.2) is 30.6 Å². The molecule has 2 fully saturated rings. The Labute approximate surface area is 281 Å². The van der Waals surface area contributed by atoms with E-state index >= 15 is 0 Å². The highest BCUT2D eigenvalue weighted by Gasteiger charge is 2.54. The van der Waals surface area contributed by atoms with E-state index in [2.05, 4.69) is 46.2 Å². The van der Waals surface area contributed by atoms with Gasteiger partial charge in [0.05, 0.1) is 19.5 Å². The van der Waals surface area contributed by atoms with E-state index in [-0.39, 0.29) is 42.1 Å². The average molecular weight is 695 g/mol. The fourth-order valence-electron chi connectivity index (χ4n) is 5.57. The molecule has 16 heteroatoms.